The minimum atomic E-state index is -4.69. The van der Waals surface area contributed by atoms with Gasteiger partial charge in [-0.1, -0.05) is 41.6 Å². The first-order valence-corrected chi connectivity index (χ1v) is 10.1. The molecular weight excluding hydrogens is 423 g/mol. The van der Waals surface area contributed by atoms with Crippen molar-refractivity contribution in [2.75, 3.05) is 6.54 Å². The molecule has 1 aliphatic rings. The van der Waals surface area contributed by atoms with Gasteiger partial charge in [0.15, 0.2) is 0 Å². The highest BCUT2D eigenvalue weighted by Crippen LogP contribution is 2.29. The third-order valence-corrected chi connectivity index (χ3v) is 5.48. The van der Waals surface area contributed by atoms with Crippen LogP contribution >= 0.6 is 0 Å². The lowest BCUT2D eigenvalue weighted by atomic mass is 10.1. The summed E-state index contributed by atoms with van der Waals surface area (Å²) in [6, 6.07) is 13.9. The number of halogens is 3. The third kappa shape index (κ3) is 3.77. The summed E-state index contributed by atoms with van der Waals surface area (Å²) in [7, 11) is 0. The second kappa shape index (κ2) is 7.86. The molecule has 32 heavy (non-hydrogen) atoms. The highest BCUT2D eigenvalue weighted by atomic mass is 19.4. The fraction of sp³-hybridized carbons (Fsp3) is 0.273. The largest absolute Gasteiger partial charge is 0.471 e. The second-order valence-corrected chi connectivity index (χ2v) is 7.65. The van der Waals surface area contributed by atoms with E-state index in [1.807, 2.05) is 12.1 Å². The Labute approximate surface area is 179 Å². The van der Waals surface area contributed by atoms with Crippen LogP contribution in [0.5, 0.6) is 0 Å². The zero-order valence-electron chi connectivity index (χ0n) is 16.8. The SMILES string of the molecule is O=c1c2ccccc2nc([C@@H]2CCCN2)n1Cc1ccc(-c2noc(C(F)(F)F)n2)cc1. The van der Waals surface area contributed by atoms with Gasteiger partial charge in [-0.05, 0) is 37.1 Å². The molecule has 0 unspecified atom stereocenters. The molecule has 10 heteroatoms. The summed E-state index contributed by atoms with van der Waals surface area (Å²) in [4.78, 5) is 21.4. The molecule has 1 N–H and O–H groups in total. The fourth-order valence-corrected chi connectivity index (χ4v) is 3.91. The zero-order chi connectivity index (χ0) is 22.3. The molecule has 1 atom stereocenters. The van der Waals surface area contributed by atoms with Gasteiger partial charge in [0.1, 0.15) is 5.82 Å². The Morgan fingerprint density at radius 2 is 1.88 bits per heavy atom. The predicted molar refractivity (Wildman–Crippen MR) is 110 cm³/mol. The Hall–Kier alpha value is -3.53. The molecule has 1 fully saturated rings. The van der Waals surface area contributed by atoms with E-state index in [9.17, 15) is 18.0 Å². The van der Waals surface area contributed by atoms with E-state index >= 15 is 0 Å². The first-order valence-electron chi connectivity index (χ1n) is 10.1. The first-order chi connectivity index (χ1) is 15.4. The number of rotatable bonds is 4. The van der Waals surface area contributed by atoms with Gasteiger partial charge in [0.05, 0.1) is 23.5 Å². The molecule has 1 aliphatic heterocycles. The average molecular weight is 441 g/mol. The maximum absolute atomic E-state index is 13.3. The van der Waals surface area contributed by atoms with Crippen LogP contribution in [0.4, 0.5) is 13.2 Å². The molecule has 0 bridgehead atoms. The maximum Gasteiger partial charge on any atom is 0.471 e. The van der Waals surface area contributed by atoms with Gasteiger partial charge in [0.2, 0.25) is 5.82 Å². The summed E-state index contributed by atoms with van der Waals surface area (Å²) in [5.74, 6) is -0.855. The Morgan fingerprint density at radius 3 is 2.56 bits per heavy atom. The monoisotopic (exact) mass is 441 g/mol. The van der Waals surface area contributed by atoms with Crippen molar-refractivity contribution in [1.29, 1.82) is 0 Å². The summed E-state index contributed by atoms with van der Waals surface area (Å²) in [6.07, 6.45) is -2.80. The molecule has 0 saturated carbocycles. The zero-order valence-corrected chi connectivity index (χ0v) is 16.8. The number of nitrogens with zero attached hydrogens (tertiary/aromatic N) is 4. The van der Waals surface area contributed by atoms with Crippen LogP contribution in [0.1, 0.15) is 36.2 Å². The molecule has 3 heterocycles. The van der Waals surface area contributed by atoms with Gasteiger partial charge < -0.3 is 9.84 Å². The van der Waals surface area contributed by atoms with Crippen LogP contribution in [0, 0.1) is 0 Å². The number of para-hydroxylation sites is 1. The summed E-state index contributed by atoms with van der Waals surface area (Å²) in [5, 5.41) is 7.34. The lowest BCUT2D eigenvalue weighted by Crippen LogP contribution is -2.30. The quantitative estimate of drug-likeness (QED) is 0.516. The number of nitrogens with one attached hydrogen (secondary N) is 1. The van der Waals surface area contributed by atoms with Crippen molar-refractivity contribution in [2.45, 2.75) is 31.6 Å². The Morgan fingerprint density at radius 1 is 1.09 bits per heavy atom. The van der Waals surface area contributed by atoms with Gasteiger partial charge in [-0.15, -0.1) is 0 Å². The van der Waals surface area contributed by atoms with E-state index in [0.29, 0.717) is 22.3 Å². The van der Waals surface area contributed by atoms with Gasteiger partial charge in [-0.25, -0.2) is 4.98 Å². The van der Waals surface area contributed by atoms with Gasteiger partial charge in [0, 0.05) is 5.56 Å². The highest BCUT2D eigenvalue weighted by Gasteiger charge is 2.38. The standard InChI is InChI=1S/C22H18F3N5O2/c23-22(24,25)21-28-18(29-32-21)14-9-7-13(8-10-14)12-30-19(17-6-3-11-26-17)27-16-5-2-1-4-15(16)20(30)31/h1-2,4-5,7-10,17,26H,3,6,11-12H2/t17-/m0/s1. The van der Waals surface area contributed by atoms with E-state index in [-0.39, 0.29) is 24.0 Å². The summed E-state index contributed by atoms with van der Waals surface area (Å²) in [6.45, 7) is 1.15. The Bertz CT molecular complexity index is 1320. The van der Waals surface area contributed by atoms with E-state index in [0.717, 1.165) is 24.9 Å². The van der Waals surface area contributed by atoms with Crippen LogP contribution in [-0.4, -0.2) is 26.2 Å². The summed E-state index contributed by atoms with van der Waals surface area (Å²) >= 11 is 0. The molecular formula is C22H18F3N5O2. The smallest absolute Gasteiger partial charge is 0.329 e. The highest BCUT2D eigenvalue weighted by molar-refractivity contribution is 5.77. The number of hydrogen-bond acceptors (Lipinski definition) is 6. The number of hydrogen-bond donors (Lipinski definition) is 1. The normalized spacial score (nSPS) is 16.7. The molecule has 164 valence electrons. The van der Waals surface area contributed by atoms with Gasteiger partial charge in [0.25, 0.3) is 5.56 Å². The van der Waals surface area contributed by atoms with E-state index in [4.69, 9.17) is 4.98 Å². The van der Waals surface area contributed by atoms with Crippen molar-refractivity contribution in [3.8, 4) is 11.4 Å². The average Bonchev–Trinajstić information content (AvgIpc) is 3.48. The molecule has 2 aromatic carbocycles. The molecule has 1 saturated heterocycles. The topological polar surface area (TPSA) is 85.8 Å². The number of benzene rings is 2. The van der Waals surface area contributed by atoms with Crippen LogP contribution in [0.3, 0.4) is 0 Å². The van der Waals surface area contributed by atoms with E-state index in [1.54, 1.807) is 41.0 Å². The minimum absolute atomic E-state index is 0.00769. The maximum atomic E-state index is 13.3. The van der Waals surface area contributed by atoms with Crippen LogP contribution in [0.25, 0.3) is 22.3 Å². The number of aromatic nitrogens is 4. The second-order valence-electron chi connectivity index (χ2n) is 7.65. The molecule has 7 nitrogen and oxygen atoms in total. The van der Waals surface area contributed by atoms with Crippen molar-refractivity contribution in [3.63, 3.8) is 0 Å². The predicted octanol–water partition coefficient (Wildman–Crippen LogP) is 3.94. The van der Waals surface area contributed by atoms with Crippen LogP contribution in [0.2, 0.25) is 0 Å². The van der Waals surface area contributed by atoms with Crippen LogP contribution in [-0.2, 0) is 12.7 Å². The van der Waals surface area contributed by atoms with Crippen LogP contribution < -0.4 is 10.9 Å². The molecule has 2 aromatic heterocycles. The van der Waals surface area contributed by atoms with E-state index in [2.05, 4.69) is 20.0 Å². The van der Waals surface area contributed by atoms with E-state index < -0.39 is 12.1 Å². The number of alkyl halides is 3. The minimum Gasteiger partial charge on any atom is -0.329 e. The molecule has 0 amide bonds. The summed E-state index contributed by atoms with van der Waals surface area (Å²) < 4.78 is 44.1. The van der Waals surface area contributed by atoms with Gasteiger partial charge in [-0.2, -0.15) is 18.2 Å². The molecule has 0 aliphatic carbocycles. The summed E-state index contributed by atoms with van der Waals surface area (Å²) in [5.41, 5.74) is 1.71. The lowest BCUT2D eigenvalue weighted by molar-refractivity contribution is -0.159. The molecule has 4 aromatic rings. The van der Waals surface area contributed by atoms with Gasteiger partial charge in [-0.3, -0.25) is 9.36 Å². The van der Waals surface area contributed by atoms with Crippen molar-refractivity contribution in [2.24, 2.45) is 0 Å². The van der Waals surface area contributed by atoms with Crippen molar-refractivity contribution < 1.29 is 17.7 Å². The molecule has 0 spiro atoms. The van der Waals surface area contributed by atoms with Crippen molar-refractivity contribution in [1.82, 2.24) is 25.0 Å². The van der Waals surface area contributed by atoms with E-state index in [1.165, 1.54) is 0 Å². The van der Waals surface area contributed by atoms with Crippen molar-refractivity contribution in [3.05, 3.63) is 76.2 Å². The molecule has 5 rings (SSSR count). The molecule has 0 radical (unpaired) electrons. The third-order valence-electron chi connectivity index (χ3n) is 5.48. The van der Waals surface area contributed by atoms with Gasteiger partial charge >= 0.3 is 12.1 Å². The first kappa shape index (κ1) is 20.4. The Kier molecular flexibility index (Phi) is 5.01. The number of fused-ring (bicyclic) bond motifs is 1. The lowest BCUT2D eigenvalue weighted by Gasteiger charge is -2.18. The van der Waals surface area contributed by atoms with Crippen molar-refractivity contribution >= 4 is 10.9 Å². The fourth-order valence-electron chi connectivity index (χ4n) is 3.91. The van der Waals surface area contributed by atoms with Crippen LogP contribution in [0.15, 0.2) is 57.8 Å². The Balaban J connectivity index is 1.49.